The van der Waals surface area contributed by atoms with Gasteiger partial charge in [-0.05, 0) is 37.6 Å². The van der Waals surface area contributed by atoms with Gasteiger partial charge in [-0.15, -0.1) is 0 Å². The molecule has 2 aliphatic rings. The van der Waals surface area contributed by atoms with Gasteiger partial charge in [-0.2, -0.15) is 0 Å². The molecule has 0 aromatic heterocycles. The molecule has 0 aliphatic carbocycles. The molecule has 7 heteroatoms. The first-order valence-corrected chi connectivity index (χ1v) is 11.6. The van der Waals surface area contributed by atoms with Crippen molar-refractivity contribution in [2.45, 2.75) is 35.1 Å². The minimum absolute atomic E-state index is 0.0256. The Bertz CT molecular complexity index is 945. The predicted molar refractivity (Wildman–Crippen MR) is 108 cm³/mol. The highest BCUT2D eigenvalue weighted by Crippen LogP contribution is 2.47. The maximum absolute atomic E-state index is 12.5. The highest BCUT2D eigenvalue weighted by Gasteiger charge is 2.39. The third-order valence-electron chi connectivity index (χ3n) is 5.04. The molecular formula is C20H22N2O3S2. The molecule has 1 saturated heterocycles. The third kappa shape index (κ3) is 3.84. The van der Waals surface area contributed by atoms with Gasteiger partial charge in [0.2, 0.25) is 5.91 Å². The summed E-state index contributed by atoms with van der Waals surface area (Å²) in [4.78, 5) is 17.1. The Morgan fingerprint density at radius 3 is 2.26 bits per heavy atom. The van der Waals surface area contributed by atoms with Gasteiger partial charge >= 0.3 is 0 Å². The number of rotatable bonds is 4. The molecule has 1 fully saturated rings. The van der Waals surface area contributed by atoms with Crippen molar-refractivity contribution in [2.24, 2.45) is 0 Å². The lowest BCUT2D eigenvalue weighted by atomic mass is 10.0. The van der Waals surface area contributed by atoms with E-state index in [9.17, 15) is 13.2 Å². The maximum atomic E-state index is 12.5. The van der Waals surface area contributed by atoms with Gasteiger partial charge < -0.3 is 10.2 Å². The molecule has 1 N–H and O–H groups in total. The molecule has 2 heterocycles. The molecule has 0 bridgehead atoms. The number of amides is 1. The summed E-state index contributed by atoms with van der Waals surface area (Å²) in [5, 5.41) is 2.95. The summed E-state index contributed by atoms with van der Waals surface area (Å²) < 4.78 is 23.5. The maximum Gasteiger partial charge on any atom is 0.222 e. The van der Waals surface area contributed by atoms with E-state index in [1.165, 1.54) is 9.79 Å². The standard InChI is InChI=1S/C20H22N2O3S2/c1-20(11-13-27(24,25)14-20)21-19(23)10-12-22-15-6-2-4-8-17(15)26-18-9-5-3-7-16(18)22/h2-9H,10-14H2,1H3,(H,21,23). The molecule has 4 rings (SSSR count). The summed E-state index contributed by atoms with van der Waals surface area (Å²) in [6.45, 7) is 2.36. The van der Waals surface area contributed by atoms with Crippen LogP contribution in [0.1, 0.15) is 19.8 Å². The van der Waals surface area contributed by atoms with E-state index in [2.05, 4.69) is 34.5 Å². The number of carbonyl (C=O) groups excluding carboxylic acids is 1. The summed E-state index contributed by atoms with van der Waals surface area (Å²) in [5.74, 6) is 0.0637. The van der Waals surface area contributed by atoms with Crippen LogP contribution in [0, 0.1) is 0 Å². The summed E-state index contributed by atoms with van der Waals surface area (Å²) in [7, 11) is -3.04. The van der Waals surface area contributed by atoms with E-state index in [1.54, 1.807) is 11.8 Å². The minimum Gasteiger partial charge on any atom is -0.350 e. The molecule has 1 atom stereocenters. The van der Waals surface area contributed by atoms with Crippen molar-refractivity contribution >= 4 is 38.9 Å². The average Bonchev–Trinajstić information content (AvgIpc) is 2.91. The predicted octanol–water partition coefficient (Wildman–Crippen LogP) is 3.37. The van der Waals surface area contributed by atoms with Gasteiger partial charge in [-0.1, -0.05) is 36.0 Å². The fraction of sp³-hybridized carbons (Fsp3) is 0.350. The van der Waals surface area contributed by atoms with Crippen LogP contribution in [0.5, 0.6) is 0 Å². The van der Waals surface area contributed by atoms with Crippen LogP contribution in [-0.2, 0) is 14.6 Å². The zero-order valence-electron chi connectivity index (χ0n) is 15.1. The zero-order valence-corrected chi connectivity index (χ0v) is 16.8. The van der Waals surface area contributed by atoms with Gasteiger partial charge in [-0.25, -0.2) is 8.42 Å². The first-order chi connectivity index (χ1) is 12.9. The number of anilines is 2. The number of benzene rings is 2. The van der Waals surface area contributed by atoms with Gasteiger partial charge in [0.1, 0.15) is 0 Å². The topological polar surface area (TPSA) is 66.5 Å². The highest BCUT2D eigenvalue weighted by molar-refractivity contribution is 7.99. The molecular weight excluding hydrogens is 380 g/mol. The van der Waals surface area contributed by atoms with Crippen molar-refractivity contribution in [1.82, 2.24) is 5.32 Å². The van der Waals surface area contributed by atoms with Crippen LogP contribution in [0.25, 0.3) is 0 Å². The van der Waals surface area contributed by atoms with Crippen molar-refractivity contribution in [1.29, 1.82) is 0 Å². The molecule has 2 aromatic rings. The molecule has 142 valence electrons. The second-order valence-electron chi connectivity index (χ2n) is 7.39. The zero-order chi connectivity index (χ0) is 19.1. The molecule has 2 aliphatic heterocycles. The van der Waals surface area contributed by atoms with Crippen LogP contribution < -0.4 is 10.2 Å². The number of hydrogen-bond donors (Lipinski definition) is 1. The lowest BCUT2D eigenvalue weighted by Crippen LogP contribution is -2.47. The number of para-hydroxylation sites is 2. The minimum atomic E-state index is -3.04. The Labute approximate surface area is 164 Å². The first-order valence-electron chi connectivity index (χ1n) is 9.00. The normalized spacial score (nSPS) is 22.8. The number of sulfone groups is 1. The molecule has 27 heavy (non-hydrogen) atoms. The van der Waals surface area contributed by atoms with E-state index >= 15 is 0 Å². The van der Waals surface area contributed by atoms with Gasteiger partial charge in [-0.3, -0.25) is 4.79 Å². The van der Waals surface area contributed by atoms with Crippen molar-refractivity contribution in [3.63, 3.8) is 0 Å². The molecule has 0 spiro atoms. The Morgan fingerprint density at radius 2 is 1.70 bits per heavy atom. The lowest BCUT2D eigenvalue weighted by molar-refractivity contribution is -0.122. The lowest BCUT2D eigenvalue weighted by Gasteiger charge is -2.33. The van der Waals surface area contributed by atoms with E-state index in [1.807, 2.05) is 31.2 Å². The summed E-state index contributed by atoms with van der Waals surface area (Å²) >= 11 is 1.74. The van der Waals surface area contributed by atoms with Gasteiger partial charge in [0, 0.05) is 22.8 Å². The summed E-state index contributed by atoms with van der Waals surface area (Å²) in [6.07, 6.45) is 0.788. The highest BCUT2D eigenvalue weighted by atomic mass is 32.2. The van der Waals surface area contributed by atoms with Gasteiger partial charge in [0.15, 0.2) is 9.84 Å². The molecule has 0 saturated carbocycles. The molecule has 5 nitrogen and oxygen atoms in total. The third-order valence-corrected chi connectivity index (χ3v) is 8.07. The van der Waals surface area contributed by atoms with Crippen molar-refractivity contribution in [3.05, 3.63) is 48.5 Å². The Kier molecular flexibility index (Phi) is 4.68. The molecule has 1 unspecified atom stereocenters. The first kappa shape index (κ1) is 18.4. The van der Waals surface area contributed by atoms with Crippen LogP contribution in [0.3, 0.4) is 0 Å². The summed E-state index contributed by atoms with van der Waals surface area (Å²) in [5.41, 5.74) is 1.55. The van der Waals surface area contributed by atoms with E-state index in [4.69, 9.17) is 0 Å². The number of hydrogen-bond acceptors (Lipinski definition) is 5. The van der Waals surface area contributed by atoms with Crippen LogP contribution in [0.15, 0.2) is 58.3 Å². The largest absolute Gasteiger partial charge is 0.350 e. The van der Waals surface area contributed by atoms with E-state index in [-0.39, 0.29) is 17.4 Å². The van der Waals surface area contributed by atoms with Crippen molar-refractivity contribution < 1.29 is 13.2 Å². The Hall–Kier alpha value is -1.99. The fourth-order valence-electron chi connectivity index (χ4n) is 3.74. The fourth-order valence-corrected chi connectivity index (χ4v) is 6.93. The number of carbonyl (C=O) groups is 1. The van der Waals surface area contributed by atoms with Crippen LogP contribution in [0.2, 0.25) is 0 Å². The van der Waals surface area contributed by atoms with Crippen molar-refractivity contribution in [2.75, 3.05) is 23.0 Å². The van der Waals surface area contributed by atoms with Gasteiger partial charge in [0.05, 0.1) is 28.4 Å². The van der Waals surface area contributed by atoms with E-state index in [0.29, 0.717) is 19.4 Å². The smallest absolute Gasteiger partial charge is 0.222 e. The van der Waals surface area contributed by atoms with Crippen LogP contribution in [-0.4, -0.2) is 37.9 Å². The van der Waals surface area contributed by atoms with E-state index < -0.39 is 15.4 Å². The van der Waals surface area contributed by atoms with E-state index in [0.717, 1.165) is 11.4 Å². The number of fused-ring (bicyclic) bond motifs is 2. The van der Waals surface area contributed by atoms with Gasteiger partial charge in [0.25, 0.3) is 0 Å². The quantitative estimate of drug-likeness (QED) is 0.849. The average molecular weight is 403 g/mol. The van der Waals surface area contributed by atoms with Crippen molar-refractivity contribution in [3.8, 4) is 0 Å². The molecule has 1 amide bonds. The summed E-state index contributed by atoms with van der Waals surface area (Å²) in [6, 6.07) is 16.4. The monoisotopic (exact) mass is 402 g/mol. The Morgan fingerprint density at radius 1 is 1.11 bits per heavy atom. The number of nitrogens with zero attached hydrogens (tertiary/aromatic N) is 1. The number of nitrogens with one attached hydrogen (secondary N) is 1. The molecule has 2 aromatic carbocycles. The Balaban J connectivity index is 1.49. The SMILES string of the molecule is CC1(NC(=O)CCN2c3ccccc3Sc3ccccc32)CCS(=O)(=O)C1. The molecule has 0 radical (unpaired) electrons. The van der Waals surface area contributed by atoms with Crippen LogP contribution in [0.4, 0.5) is 11.4 Å². The second-order valence-corrected chi connectivity index (χ2v) is 10.7. The van der Waals surface area contributed by atoms with Crippen LogP contribution >= 0.6 is 11.8 Å². The second kappa shape index (κ2) is 6.87.